The Labute approximate surface area is 419 Å². The second-order valence-electron chi connectivity index (χ2n) is 23.7. The van der Waals surface area contributed by atoms with E-state index in [0.717, 1.165) is 28.2 Å². The van der Waals surface area contributed by atoms with Gasteiger partial charge in [0.15, 0.2) is 0 Å². The monoisotopic (exact) mass is 919 g/mol. The third-order valence-electron chi connectivity index (χ3n) is 16.8. The molecule has 1 heterocycles. The van der Waals surface area contributed by atoms with E-state index in [4.69, 9.17) is 4.42 Å². The van der Waals surface area contributed by atoms with E-state index >= 15 is 0 Å². The first-order valence-electron chi connectivity index (χ1n) is 25.6. The second kappa shape index (κ2) is 14.8. The highest BCUT2D eigenvalue weighted by atomic mass is 16.3. The fourth-order valence-electron chi connectivity index (χ4n) is 13.2. The van der Waals surface area contributed by atoms with Crippen LogP contribution < -0.4 is 4.90 Å². The second-order valence-corrected chi connectivity index (χ2v) is 23.7. The van der Waals surface area contributed by atoms with Crippen molar-refractivity contribution in [2.24, 2.45) is 0 Å². The molecule has 0 spiro atoms. The number of hydrogen-bond donors (Lipinski definition) is 0. The van der Waals surface area contributed by atoms with Crippen molar-refractivity contribution >= 4 is 39.0 Å². The third-order valence-corrected chi connectivity index (χ3v) is 16.8. The molecule has 0 amide bonds. The van der Waals surface area contributed by atoms with E-state index in [2.05, 4.69) is 262 Å². The van der Waals surface area contributed by atoms with Gasteiger partial charge in [-0.1, -0.05) is 209 Å². The minimum Gasteiger partial charge on any atom is -0.456 e. The molecule has 0 radical (unpaired) electrons. The molecule has 0 unspecified atom stereocenters. The van der Waals surface area contributed by atoms with Gasteiger partial charge < -0.3 is 9.32 Å². The van der Waals surface area contributed by atoms with E-state index in [1.54, 1.807) is 0 Å². The fourth-order valence-corrected chi connectivity index (χ4v) is 13.2. The van der Waals surface area contributed by atoms with E-state index in [-0.39, 0.29) is 21.7 Å². The zero-order valence-electron chi connectivity index (χ0n) is 42.8. The van der Waals surface area contributed by atoms with Gasteiger partial charge in [0.25, 0.3) is 0 Å². The minimum absolute atomic E-state index is 0.0134. The molecule has 0 aliphatic heterocycles. The van der Waals surface area contributed by atoms with Crippen molar-refractivity contribution in [2.45, 2.75) is 96.3 Å². The van der Waals surface area contributed by atoms with Crippen molar-refractivity contribution in [3.05, 3.63) is 244 Å². The van der Waals surface area contributed by atoms with Crippen LogP contribution in [-0.4, -0.2) is 0 Å². The van der Waals surface area contributed by atoms with Crippen LogP contribution in [0, 0.1) is 0 Å². The maximum atomic E-state index is 7.13. The summed E-state index contributed by atoms with van der Waals surface area (Å²) in [6, 6.07) is 71.5. The molecule has 0 bridgehead atoms. The lowest BCUT2D eigenvalue weighted by atomic mass is 9.67. The van der Waals surface area contributed by atoms with Crippen LogP contribution in [0.4, 0.5) is 17.1 Å². The van der Waals surface area contributed by atoms with Crippen molar-refractivity contribution in [3.63, 3.8) is 0 Å². The summed E-state index contributed by atoms with van der Waals surface area (Å²) in [5, 5.41) is 2.39. The Bertz CT molecular complexity index is 3800. The Morgan fingerprint density at radius 3 is 1.62 bits per heavy atom. The highest BCUT2D eigenvalue weighted by Crippen LogP contribution is 2.60. The molecular weight excluding hydrogens is 859 g/mol. The average molecular weight is 920 g/mol. The van der Waals surface area contributed by atoms with Crippen molar-refractivity contribution in [1.29, 1.82) is 0 Å². The summed E-state index contributed by atoms with van der Waals surface area (Å²) in [5.41, 5.74) is 25.0. The first-order chi connectivity index (χ1) is 34.0. The molecule has 0 fully saturated rings. The number of fused-ring (bicyclic) bond motifs is 12. The standard InChI is InChI=1S/C69H61NO/c1-65(2,3)44-37-52-51-40-59-53(41-62(51)71-64(52)60(38-44)66(4,5)6)63-57(68(59,9)10)32-21-33-61(63)70(46-34-35-50-47-26-14-17-29-54(47)67(7,8)58(50)39-46)45-25-20-24-43(36-45)69(42-22-12-11-13-23-42)55-30-18-15-27-48(55)49-28-16-19-31-56(49)69/h11-41H,1-10H3. The van der Waals surface area contributed by atoms with Gasteiger partial charge in [-0.05, 0) is 137 Å². The quantitative estimate of drug-likeness (QED) is 0.171. The summed E-state index contributed by atoms with van der Waals surface area (Å²) >= 11 is 0. The molecule has 3 aliphatic carbocycles. The topological polar surface area (TPSA) is 16.4 Å². The largest absolute Gasteiger partial charge is 0.456 e. The lowest BCUT2D eigenvalue weighted by molar-refractivity contribution is 0.559. The molecule has 13 rings (SSSR count). The summed E-state index contributed by atoms with van der Waals surface area (Å²) in [4.78, 5) is 2.56. The molecule has 3 aliphatic rings. The van der Waals surface area contributed by atoms with Gasteiger partial charge in [-0.2, -0.15) is 0 Å². The lowest BCUT2D eigenvalue weighted by Gasteiger charge is -2.35. The number of benzene rings is 9. The molecule has 71 heavy (non-hydrogen) atoms. The molecule has 9 aromatic carbocycles. The zero-order chi connectivity index (χ0) is 49.0. The predicted octanol–water partition coefficient (Wildman–Crippen LogP) is 18.6. The van der Waals surface area contributed by atoms with Crippen LogP contribution in [0.2, 0.25) is 0 Å². The van der Waals surface area contributed by atoms with Gasteiger partial charge in [-0.3, -0.25) is 0 Å². The van der Waals surface area contributed by atoms with Gasteiger partial charge in [0.05, 0.1) is 11.1 Å². The van der Waals surface area contributed by atoms with Crippen molar-refractivity contribution < 1.29 is 4.42 Å². The smallest absolute Gasteiger partial charge is 0.139 e. The lowest BCUT2D eigenvalue weighted by Crippen LogP contribution is -2.28. The molecule has 0 atom stereocenters. The Hall–Kier alpha value is -7.42. The van der Waals surface area contributed by atoms with Crippen molar-refractivity contribution in [3.8, 4) is 33.4 Å². The van der Waals surface area contributed by atoms with Crippen LogP contribution in [-0.2, 0) is 27.1 Å². The Kier molecular flexibility index (Phi) is 9.09. The summed E-state index contributed by atoms with van der Waals surface area (Å²) in [6.45, 7) is 23.5. The van der Waals surface area contributed by atoms with Crippen LogP contribution in [0.3, 0.4) is 0 Å². The number of furan rings is 1. The van der Waals surface area contributed by atoms with E-state index in [1.807, 2.05) is 0 Å². The highest BCUT2D eigenvalue weighted by molar-refractivity contribution is 6.10. The molecule has 0 N–H and O–H groups in total. The van der Waals surface area contributed by atoms with Gasteiger partial charge in [0, 0.05) is 44.1 Å². The van der Waals surface area contributed by atoms with E-state index in [1.165, 1.54) is 99.8 Å². The molecule has 0 saturated heterocycles. The Morgan fingerprint density at radius 2 is 0.944 bits per heavy atom. The predicted molar refractivity (Wildman–Crippen MR) is 298 cm³/mol. The SMILES string of the molecule is CC(C)(C)c1cc(C(C)(C)C)c2oc3cc4c(cc3c2c1)C(C)(C)c1cccc(N(c2cccc(C3(c5ccccc5)c5ccccc5-c5ccccc53)c2)c2ccc3c(c2)C(C)(C)c2ccccc2-3)c1-4. The molecule has 348 valence electrons. The molecule has 2 nitrogen and oxygen atoms in total. The van der Waals surface area contributed by atoms with Crippen molar-refractivity contribution in [2.75, 3.05) is 4.90 Å². The average Bonchev–Trinajstić information content (AvgIpc) is 4.02. The molecule has 10 aromatic rings. The zero-order valence-corrected chi connectivity index (χ0v) is 42.8. The maximum absolute atomic E-state index is 7.13. The van der Waals surface area contributed by atoms with Crippen LogP contribution in [0.5, 0.6) is 0 Å². The summed E-state index contributed by atoms with van der Waals surface area (Å²) < 4.78 is 7.13. The Balaban J connectivity index is 1.08. The highest BCUT2D eigenvalue weighted by Gasteiger charge is 2.47. The normalized spacial score (nSPS) is 15.5. The van der Waals surface area contributed by atoms with Gasteiger partial charge in [-0.25, -0.2) is 0 Å². The third kappa shape index (κ3) is 6.07. The maximum Gasteiger partial charge on any atom is 0.139 e. The van der Waals surface area contributed by atoms with Crippen LogP contribution >= 0.6 is 0 Å². The number of hydrogen-bond acceptors (Lipinski definition) is 2. The van der Waals surface area contributed by atoms with Gasteiger partial charge >= 0.3 is 0 Å². The van der Waals surface area contributed by atoms with E-state index < -0.39 is 5.41 Å². The van der Waals surface area contributed by atoms with Crippen LogP contribution in [0.25, 0.3) is 55.3 Å². The number of anilines is 3. The fraction of sp³-hybridized carbons (Fsp3) is 0.217. The first kappa shape index (κ1) is 43.6. The van der Waals surface area contributed by atoms with Crippen LogP contribution in [0.1, 0.15) is 125 Å². The van der Waals surface area contributed by atoms with Gasteiger partial charge in [-0.15, -0.1) is 0 Å². The van der Waals surface area contributed by atoms with E-state index in [9.17, 15) is 0 Å². The Morgan fingerprint density at radius 1 is 0.394 bits per heavy atom. The van der Waals surface area contributed by atoms with Gasteiger partial charge in [0.2, 0.25) is 0 Å². The van der Waals surface area contributed by atoms with Crippen LogP contribution in [0.15, 0.2) is 192 Å². The van der Waals surface area contributed by atoms with E-state index in [0.29, 0.717) is 0 Å². The molecule has 2 heteroatoms. The summed E-state index contributed by atoms with van der Waals surface area (Å²) in [6.07, 6.45) is 0. The number of rotatable bonds is 5. The van der Waals surface area contributed by atoms with Crippen molar-refractivity contribution in [1.82, 2.24) is 0 Å². The number of nitrogens with zero attached hydrogens (tertiary/aromatic N) is 1. The molecule has 1 aromatic heterocycles. The van der Waals surface area contributed by atoms with Gasteiger partial charge in [0.1, 0.15) is 11.2 Å². The molecule has 0 saturated carbocycles. The molecular formula is C69H61NO. The minimum atomic E-state index is -0.545. The summed E-state index contributed by atoms with van der Waals surface area (Å²) in [5.74, 6) is 0. The first-order valence-corrected chi connectivity index (χ1v) is 25.6. The summed E-state index contributed by atoms with van der Waals surface area (Å²) in [7, 11) is 0.